The quantitative estimate of drug-likeness (QED) is 0.0202. The molecule has 4 aliphatic rings. The summed E-state index contributed by atoms with van der Waals surface area (Å²) >= 11 is 0. The summed E-state index contributed by atoms with van der Waals surface area (Å²) in [7, 11) is -9.61. The van der Waals surface area contributed by atoms with Crippen molar-refractivity contribution < 1.29 is 156 Å². The number of rotatable bonds is 38. The van der Waals surface area contributed by atoms with Gasteiger partial charge in [0, 0.05) is 5.92 Å². The zero-order valence-corrected chi connectivity index (χ0v) is 45.8. The Kier molecular flexibility index (Phi) is 31.3. The highest BCUT2D eigenvalue weighted by molar-refractivity contribution is 7.81. The molecule has 20 atom stereocenters. The van der Waals surface area contributed by atoms with E-state index in [-0.39, 0.29) is 45.6 Å². The fourth-order valence-electron chi connectivity index (χ4n) is 9.11. The molecule has 79 heavy (non-hydrogen) atoms. The maximum atomic E-state index is 12.3. The number of aliphatic hydroxyl groups is 10. The van der Waals surface area contributed by atoms with E-state index in [0.717, 1.165) is 0 Å². The van der Waals surface area contributed by atoms with Crippen molar-refractivity contribution >= 4 is 20.8 Å². The van der Waals surface area contributed by atoms with Gasteiger partial charge in [-0.3, -0.25) is 9.11 Å². The fourth-order valence-corrected chi connectivity index (χ4v) is 9.67. The van der Waals surface area contributed by atoms with E-state index < -0.39 is 229 Å². The van der Waals surface area contributed by atoms with E-state index in [9.17, 15) is 67.9 Å². The monoisotopic (exact) mass is 1200 g/mol. The molecule has 4 rings (SSSR count). The smallest absolute Gasteiger partial charge is 0.394 e. The maximum Gasteiger partial charge on any atom is 0.397 e. The zero-order chi connectivity index (χ0) is 58.5. The molecular formula is C44H82O33S2. The first-order valence-electron chi connectivity index (χ1n) is 25.6. The van der Waals surface area contributed by atoms with Gasteiger partial charge >= 0.3 is 20.8 Å². The van der Waals surface area contributed by atoms with Crippen molar-refractivity contribution in [2.24, 2.45) is 11.8 Å². The molecule has 12 N–H and O–H groups in total. The van der Waals surface area contributed by atoms with Gasteiger partial charge in [-0.1, -0.05) is 13.8 Å². The molecule has 0 saturated carbocycles. The lowest BCUT2D eigenvalue weighted by Gasteiger charge is -2.51. The van der Waals surface area contributed by atoms with Crippen molar-refractivity contribution in [1.82, 2.24) is 0 Å². The van der Waals surface area contributed by atoms with Crippen LogP contribution < -0.4 is 0 Å². The van der Waals surface area contributed by atoms with E-state index in [2.05, 4.69) is 8.37 Å². The molecule has 33 nitrogen and oxygen atoms in total. The van der Waals surface area contributed by atoms with Crippen molar-refractivity contribution in [3.63, 3.8) is 0 Å². The van der Waals surface area contributed by atoms with Gasteiger partial charge in [0.05, 0.1) is 137 Å². The SMILES string of the molecule is CC(C)OC1OC(COCCOS(=O)(=O)O)C(OC2OC(COCCO)C(OC3OC(COCCO)C(OC4OC(COCCOS(=O)(=O)O)C(C(C)C)C(O)C4OCCO)C(O)C3OCCO)C(O)C2O)C(O)C1OCCO. The molecule has 0 amide bonds. The van der Waals surface area contributed by atoms with Crippen molar-refractivity contribution in [3.05, 3.63) is 0 Å². The number of ether oxygens (including phenoxy) is 15. The lowest BCUT2D eigenvalue weighted by molar-refractivity contribution is -0.393. The van der Waals surface area contributed by atoms with Gasteiger partial charge in [0.2, 0.25) is 0 Å². The summed E-state index contributed by atoms with van der Waals surface area (Å²) in [6.45, 7) is -1.15. The van der Waals surface area contributed by atoms with Crippen LogP contribution in [-0.2, 0) is 100 Å². The second kappa shape index (κ2) is 35.3. The summed E-state index contributed by atoms with van der Waals surface area (Å²) in [6, 6.07) is 0. The molecule has 0 bridgehead atoms. The van der Waals surface area contributed by atoms with E-state index in [1.54, 1.807) is 27.7 Å². The molecule has 4 fully saturated rings. The average molecular weight is 1200 g/mol. The largest absolute Gasteiger partial charge is 0.397 e. The van der Waals surface area contributed by atoms with E-state index in [0.29, 0.717) is 0 Å². The van der Waals surface area contributed by atoms with Gasteiger partial charge in [-0.25, -0.2) is 8.37 Å². The minimum absolute atomic E-state index is 0.265. The summed E-state index contributed by atoms with van der Waals surface area (Å²) in [4.78, 5) is 0. The number of hydrogen-bond donors (Lipinski definition) is 12. The highest BCUT2D eigenvalue weighted by Gasteiger charge is 2.57. The molecule has 0 radical (unpaired) electrons. The van der Waals surface area contributed by atoms with Crippen LogP contribution in [0.3, 0.4) is 0 Å². The Morgan fingerprint density at radius 3 is 1.14 bits per heavy atom. The summed E-state index contributed by atoms with van der Waals surface area (Å²) in [6.07, 6.45) is -30.9. The second-order valence-electron chi connectivity index (χ2n) is 18.9. The topological polar surface area (TPSA) is 468 Å². The van der Waals surface area contributed by atoms with Crippen LogP contribution in [0.5, 0.6) is 0 Å². The maximum absolute atomic E-state index is 12.3. The molecule has 0 aliphatic carbocycles. The van der Waals surface area contributed by atoms with Crippen molar-refractivity contribution in [1.29, 1.82) is 0 Å². The fraction of sp³-hybridized carbons (Fsp3) is 1.00. The van der Waals surface area contributed by atoms with Crippen LogP contribution in [-0.4, -0.2) is 319 Å². The highest BCUT2D eigenvalue weighted by Crippen LogP contribution is 2.39. The van der Waals surface area contributed by atoms with Crippen LogP contribution in [0.25, 0.3) is 0 Å². The Bertz CT molecular complexity index is 1870. The van der Waals surface area contributed by atoms with E-state index >= 15 is 0 Å². The first kappa shape index (κ1) is 70.2. The Morgan fingerprint density at radius 1 is 0.392 bits per heavy atom. The normalized spacial score (nSPS) is 35.9. The minimum atomic E-state index is -4.83. The summed E-state index contributed by atoms with van der Waals surface area (Å²) < 4.78 is 160. The van der Waals surface area contributed by atoms with Crippen LogP contribution in [0, 0.1) is 11.8 Å². The average Bonchev–Trinajstić information content (AvgIpc) is 3.46. The van der Waals surface area contributed by atoms with Crippen LogP contribution >= 0.6 is 0 Å². The molecule has 4 aliphatic heterocycles. The van der Waals surface area contributed by atoms with Gasteiger partial charge in [0.15, 0.2) is 25.2 Å². The lowest BCUT2D eigenvalue weighted by Crippen LogP contribution is -2.68. The van der Waals surface area contributed by atoms with E-state index in [4.69, 9.17) is 80.2 Å². The van der Waals surface area contributed by atoms with Crippen LogP contribution in [0.2, 0.25) is 0 Å². The third kappa shape index (κ3) is 22.3. The molecule has 20 unspecified atom stereocenters. The Balaban J connectivity index is 1.66. The summed E-state index contributed by atoms with van der Waals surface area (Å²) in [5.41, 5.74) is 0. The predicted octanol–water partition coefficient (Wildman–Crippen LogP) is -6.63. The molecular weight excluding hydrogens is 1120 g/mol. The molecule has 4 saturated heterocycles. The van der Waals surface area contributed by atoms with Crippen molar-refractivity contribution in [2.75, 3.05) is 119 Å². The molecule has 0 aromatic carbocycles. The van der Waals surface area contributed by atoms with Gasteiger partial charge in [0.25, 0.3) is 0 Å². The van der Waals surface area contributed by atoms with Gasteiger partial charge < -0.3 is 122 Å². The van der Waals surface area contributed by atoms with E-state index in [1.807, 2.05) is 0 Å². The van der Waals surface area contributed by atoms with Crippen LogP contribution in [0.1, 0.15) is 27.7 Å². The zero-order valence-electron chi connectivity index (χ0n) is 44.2. The highest BCUT2D eigenvalue weighted by atomic mass is 32.3. The molecule has 35 heteroatoms. The summed E-state index contributed by atoms with van der Waals surface area (Å²) in [5.74, 6) is -1.07. The first-order chi connectivity index (χ1) is 37.5. The van der Waals surface area contributed by atoms with Gasteiger partial charge in [-0.05, 0) is 19.8 Å². The Morgan fingerprint density at radius 2 is 0.734 bits per heavy atom. The minimum Gasteiger partial charge on any atom is -0.394 e. The number of aliphatic hydroxyl groups excluding tert-OH is 10. The van der Waals surface area contributed by atoms with Crippen molar-refractivity contribution in [3.8, 4) is 0 Å². The third-order valence-corrected chi connectivity index (χ3v) is 13.3. The van der Waals surface area contributed by atoms with Gasteiger partial charge in [0.1, 0.15) is 79.4 Å². The van der Waals surface area contributed by atoms with Gasteiger partial charge in [-0.2, -0.15) is 16.8 Å². The second-order valence-corrected chi connectivity index (χ2v) is 21.0. The third-order valence-electron chi connectivity index (χ3n) is 12.4. The van der Waals surface area contributed by atoms with E-state index in [1.165, 1.54) is 0 Å². The molecule has 0 aromatic rings. The molecule has 0 spiro atoms. The van der Waals surface area contributed by atoms with Gasteiger partial charge in [-0.15, -0.1) is 0 Å². The summed E-state index contributed by atoms with van der Waals surface area (Å²) in [5, 5.41) is 108. The Labute approximate surface area is 457 Å². The van der Waals surface area contributed by atoms with Crippen LogP contribution in [0.15, 0.2) is 0 Å². The lowest BCUT2D eigenvalue weighted by atomic mass is 9.81. The predicted molar refractivity (Wildman–Crippen MR) is 257 cm³/mol. The van der Waals surface area contributed by atoms with Crippen LogP contribution in [0.4, 0.5) is 0 Å². The molecule has 4 heterocycles. The number of hydrogen-bond acceptors (Lipinski definition) is 31. The first-order valence-corrected chi connectivity index (χ1v) is 28.3. The molecule has 0 aromatic heterocycles. The standard InChI is InChI=1S/C44H82O33S2/c1-23(2)29-25(19-63-15-17-68-78(55,56)57)71-43(38(30(29)50)65-12-7-47)77-37-27(21-62-11-6-46)74-44(40(34(37)54)67-14-9-49)76-35-26(20-61-10-5-45)72-41(32(52)31(35)51)75-36-28(22-64-16-18-69-79(58,59)60)73-42(70-24(3)4)39(33(36)53)66-13-8-48/h23-54H,5-22H2,1-4H3,(H,55,56,57)(H,58,59,60). The Hall–Kier alpha value is -1.26. The van der Waals surface area contributed by atoms with Crippen molar-refractivity contribution in [2.45, 2.75) is 151 Å². The molecule has 468 valence electrons.